The Labute approximate surface area is 434 Å². The van der Waals surface area contributed by atoms with E-state index >= 15 is 0 Å². The maximum Gasteiger partial charge on any atom is 0.306 e. The molecule has 70 heavy (non-hydrogen) atoms. The molecule has 0 aliphatic rings. The van der Waals surface area contributed by atoms with Crippen LogP contribution in [0.2, 0.25) is 0 Å². The van der Waals surface area contributed by atoms with Crippen LogP contribution >= 0.6 is 0 Å². The van der Waals surface area contributed by atoms with E-state index in [1.54, 1.807) is 0 Å². The standard InChI is InChI=1S/C65H110O5/c1-4-7-10-13-16-19-22-25-28-31-32-33-36-39-42-45-48-51-54-57-60-68-61-63(70-65(67)59-56-53-50-47-44-41-38-35-30-27-24-21-18-15-12-9-6-3)62-69-64(66)58-55-52-49-46-43-40-37-34-29-26-23-20-17-14-11-8-5-2/h7-8,10-11,16-21,25-30,32-33,63H,4-6,9,12-15,22-24,31,34-62H2,1-3H3/b10-7-,11-8-,19-16-,20-17-,21-18-,28-25-,29-26-,30-27-,33-32-. The molecule has 0 bridgehead atoms. The Balaban J connectivity index is 4.34. The molecular formula is C65H110O5. The van der Waals surface area contributed by atoms with Gasteiger partial charge in [-0.05, 0) is 122 Å². The average molecular weight is 972 g/mol. The number of esters is 2. The van der Waals surface area contributed by atoms with E-state index in [0.29, 0.717) is 19.4 Å². The molecule has 0 aliphatic carbocycles. The lowest BCUT2D eigenvalue weighted by Gasteiger charge is -2.18. The normalized spacial score (nSPS) is 13.0. The molecule has 0 amide bonds. The number of ether oxygens (including phenoxy) is 3. The molecule has 400 valence electrons. The van der Waals surface area contributed by atoms with Crippen molar-refractivity contribution in [3.8, 4) is 0 Å². The van der Waals surface area contributed by atoms with E-state index in [9.17, 15) is 9.59 Å². The smallest absolute Gasteiger partial charge is 0.306 e. The molecule has 0 aromatic heterocycles. The number of unbranched alkanes of at least 4 members (excludes halogenated alkanes) is 24. The van der Waals surface area contributed by atoms with Gasteiger partial charge in [-0.15, -0.1) is 0 Å². The number of carbonyl (C=O) groups is 2. The summed E-state index contributed by atoms with van der Waals surface area (Å²) in [6.45, 7) is 7.55. The molecule has 5 heteroatoms. The summed E-state index contributed by atoms with van der Waals surface area (Å²) in [6.07, 6.45) is 82.5. The Bertz CT molecular complexity index is 1380. The molecule has 1 unspecified atom stereocenters. The van der Waals surface area contributed by atoms with Crippen molar-refractivity contribution in [3.05, 3.63) is 109 Å². The van der Waals surface area contributed by atoms with Crippen LogP contribution in [-0.2, 0) is 23.8 Å². The van der Waals surface area contributed by atoms with Gasteiger partial charge in [0.2, 0.25) is 0 Å². The molecule has 0 heterocycles. The van der Waals surface area contributed by atoms with E-state index < -0.39 is 6.10 Å². The van der Waals surface area contributed by atoms with Gasteiger partial charge >= 0.3 is 11.9 Å². The van der Waals surface area contributed by atoms with Gasteiger partial charge in [0, 0.05) is 19.4 Å². The highest BCUT2D eigenvalue weighted by atomic mass is 16.6. The van der Waals surface area contributed by atoms with E-state index in [0.717, 1.165) is 109 Å². The minimum absolute atomic E-state index is 0.0669. The lowest BCUT2D eigenvalue weighted by Crippen LogP contribution is -2.30. The highest BCUT2D eigenvalue weighted by molar-refractivity contribution is 5.70. The van der Waals surface area contributed by atoms with E-state index in [2.05, 4.69) is 130 Å². The van der Waals surface area contributed by atoms with Crippen molar-refractivity contribution in [2.24, 2.45) is 0 Å². The first kappa shape index (κ1) is 66.6. The SMILES string of the molecule is CC/C=C\C/C=C\C/C=C\C/C=C\CCCCCCCCCOCC(COC(=O)CCCCCCCCC/C=C\C/C=C\C/C=C\CC)OC(=O)CCCCCCCCC/C=C\C/C=C\CCCCC. The van der Waals surface area contributed by atoms with Crippen LogP contribution in [0.5, 0.6) is 0 Å². The van der Waals surface area contributed by atoms with E-state index in [1.165, 1.54) is 122 Å². The lowest BCUT2D eigenvalue weighted by molar-refractivity contribution is -0.163. The third kappa shape index (κ3) is 57.1. The number of allylic oxidation sites excluding steroid dienone is 18. The minimum Gasteiger partial charge on any atom is -0.462 e. The molecule has 0 N–H and O–H groups in total. The number of rotatable bonds is 53. The molecule has 0 aromatic rings. The van der Waals surface area contributed by atoms with Crippen molar-refractivity contribution in [1.82, 2.24) is 0 Å². The molecule has 0 saturated carbocycles. The zero-order valence-corrected chi connectivity index (χ0v) is 46.0. The van der Waals surface area contributed by atoms with E-state index in [4.69, 9.17) is 14.2 Å². The van der Waals surface area contributed by atoms with Crippen molar-refractivity contribution in [1.29, 1.82) is 0 Å². The van der Waals surface area contributed by atoms with Gasteiger partial charge in [0.05, 0.1) is 6.61 Å². The zero-order valence-electron chi connectivity index (χ0n) is 46.0. The first-order valence-corrected chi connectivity index (χ1v) is 29.4. The maximum absolute atomic E-state index is 12.9. The van der Waals surface area contributed by atoms with Crippen LogP contribution < -0.4 is 0 Å². The minimum atomic E-state index is -0.559. The summed E-state index contributed by atoms with van der Waals surface area (Å²) >= 11 is 0. The Hall–Kier alpha value is -3.44. The second-order valence-corrected chi connectivity index (χ2v) is 19.1. The Kier molecular flexibility index (Phi) is 56.9. The van der Waals surface area contributed by atoms with Crippen LogP contribution in [0.25, 0.3) is 0 Å². The van der Waals surface area contributed by atoms with Crippen molar-refractivity contribution in [2.45, 2.75) is 271 Å². The number of hydrogen-bond acceptors (Lipinski definition) is 5. The Morgan fingerprint density at radius 3 is 1.03 bits per heavy atom. The van der Waals surface area contributed by atoms with Crippen molar-refractivity contribution in [2.75, 3.05) is 19.8 Å². The maximum atomic E-state index is 12.9. The fourth-order valence-electron chi connectivity index (χ4n) is 7.96. The summed E-state index contributed by atoms with van der Waals surface area (Å²) in [6, 6.07) is 0. The van der Waals surface area contributed by atoms with Gasteiger partial charge in [-0.25, -0.2) is 0 Å². The number of hydrogen-bond donors (Lipinski definition) is 0. The molecular weight excluding hydrogens is 861 g/mol. The summed E-state index contributed by atoms with van der Waals surface area (Å²) in [5, 5.41) is 0. The highest BCUT2D eigenvalue weighted by Crippen LogP contribution is 2.14. The van der Waals surface area contributed by atoms with Crippen LogP contribution in [0.4, 0.5) is 0 Å². The Morgan fingerprint density at radius 2 is 0.643 bits per heavy atom. The van der Waals surface area contributed by atoms with Crippen LogP contribution in [0, 0.1) is 0 Å². The fraction of sp³-hybridized carbons (Fsp3) is 0.692. The summed E-state index contributed by atoms with van der Waals surface area (Å²) in [5.74, 6) is -0.423. The topological polar surface area (TPSA) is 61.8 Å². The van der Waals surface area contributed by atoms with Crippen LogP contribution in [0.3, 0.4) is 0 Å². The van der Waals surface area contributed by atoms with Gasteiger partial charge in [-0.3, -0.25) is 9.59 Å². The van der Waals surface area contributed by atoms with Gasteiger partial charge in [0.15, 0.2) is 6.10 Å². The van der Waals surface area contributed by atoms with Gasteiger partial charge in [-0.2, -0.15) is 0 Å². The monoisotopic (exact) mass is 971 g/mol. The molecule has 0 aromatic carbocycles. The number of carbonyl (C=O) groups excluding carboxylic acids is 2. The second kappa shape index (κ2) is 59.9. The summed E-state index contributed by atoms with van der Waals surface area (Å²) in [4.78, 5) is 25.6. The summed E-state index contributed by atoms with van der Waals surface area (Å²) < 4.78 is 17.5. The molecule has 0 rings (SSSR count). The van der Waals surface area contributed by atoms with Crippen LogP contribution in [0.1, 0.15) is 265 Å². The van der Waals surface area contributed by atoms with E-state index in [-0.39, 0.29) is 25.2 Å². The van der Waals surface area contributed by atoms with Gasteiger partial charge < -0.3 is 14.2 Å². The van der Waals surface area contributed by atoms with E-state index in [1.807, 2.05) is 0 Å². The summed E-state index contributed by atoms with van der Waals surface area (Å²) in [7, 11) is 0. The fourth-order valence-corrected chi connectivity index (χ4v) is 7.96. The first-order valence-electron chi connectivity index (χ1n) is 29.4. The van der Waals surface area contributed by atoms with Crippen molar-refractivity contribution in [3.63, 3.8) is 0 Å². The quantitative estimate of drug-likeness (QED) is 0.0345. The predicted molar refractivity (Wildman–Crippen MR) is 306 cm³/mol. The molecule has 0 aliphatic heterocycles. The van der Waals surface area contributed by atoms with Gasteiger partial charge in [0.1, 0.15) is 6.61 Å². The molecule has 0 saturated heterocycles. The molecule has 0 radical (unpaired) electrons. The van der Waals surface area contributed by atoms with Crippen molar-refractivity contribution >= 4 is 11.9 Å². The molecule has 5 nitrogen and oxygen atoms in total. The molecule has 0 spiro atoms. The third-order valence-corrected chi connectivity index (χ3v) is 12.3. The predicted octanol–water partition coefficient (Wildman–Crippen LogP) is 20.3. The van der Waals surface area contributed by atoms with Gasteiger partial charge in [0.25, 0.3) is 0 Å². The van der Waals surface area contributed by atoms with Crippen molar-refractivity contribution < 1.29 is 23.8 Å². The molecule has 0 fully saturated rings. The second-order valence-electron chi connectivity index (χ2n) is 19.1. The summed E-state index contributed by atoms with van der Waals surface area (Å²) in [5.41, 5.74) is 0. The highest BCUT2D eigenvalue weighted by Gasteiger charge is 2.17. The van der Waals surface area contributed by atoms with Crippen LogP contribution in [0.15, 0.2) is 109 Å². The van der Waals surface area contributed by atoms with Crippen LogP contribution in [-0.4, -0.2) is 37.9 Å². The molecule has 1 atom stereocenters. The largest absolute Gasteiger partial charge is 0.462 e. The third-order valence-electron chi connectivity index (χ3n) is 12.3. The Morgan fingerprint density at radius 1 is 0.329 bits per heavy atom. The average Bonchev–Trinajstić information content (AvgIpc) is 3.36. The first-order chi connectivity index (χ1) is 34.6. The lowest BCUT2D eigenvalue weighted by atomic mass is 10.1. The zero-order chi connectivity index (χ0) is 50.6. The van der Waals surface area contributed by atoms with Gasteiger partial charge in [-0.1, -0.05) is 239 Å².